The third kappa shape index (κ3) is 5.61. The molecule has 1 aliphatic rings. The lowest BCUT2D eigenvalue weighted by molar-refractivity contribution is 0.0947. The molecule has 1 aromatic heterocycles. The second-order valence-corrected chi connectivity index (χ2v) is 7.68. The third-order valence-corrected chi connectivity index (χ3v) is 5.45. The Bertz CT molecular complexity index is 984. The number of hydrogen-bond acceptors (Lipinski definition) is 5. The van der Waals surface area contributed by atoms with Gasteiger partial charge in [0.2, 0.25) is 0 Å². The van der Waals surface area contributed by atoms with Crippen LogP contribution >= 0.6 is 0 Å². The number of piperazine rings is 1. The zero-order chi connectivity index (χ0) is 21.5. The maximum absolute atomic E-state index is 12.5. The second kappa shape index (κ2) is 10.1. The van der Waals surface area contributed by atoms with Crippen LogP contribution in [-0.4, -0.2) is 62.2 Å². The Labute approximate surface area is 183 Å². The van der Waals surface area contributed by atoms with Crippen LogP contribution in [0.15, 0.2) is 72.9 Å². The van der Waals surface area contributed by atoms with Gasteiger partial charge in [0.1, 0.15) is 12.4 Å². The van der Waals surface area contributed by atoms with Gasteiger partial charge in [-0.15, -0.1) is 0 Å². The van der Waals surface area contributed by atoms with Crippen LogP contribution in [0.1, 0.15) is 10.4 Å². The summed E-state index contributed by atoms with van der Waals surface area (Å²) >= 11 is 0. The first-order chi connectivity index (χ1) is 15.2. The minimum atomic E-state index is -0.130. The number of nitrogens with one attached hydrogen (secondary N) is 1. The van der Waals surface area contributed by atoms with Crippen LogP contribution in [0.3, 0.4) is 0 Å². The van der Waals surface area contributed by atoms with Crippen LogP contribution in [-0.2, 0) is 0 Å². The molecule has 1 aliphatic heterocycles. The minimum Gasteiger partial charge on any atom is -0.492 e. The molecule has 4 rings (SSSR count). The fraction of sp³-hybridized carbons (Fsp3) is 0.280. The maximum atomic E-state index is 12.5. The Balaban J connectivity index is 1.33. The number of benzene rings is 2. The largest absolute Gasteiger partial charge is 0.492 e. The first-order valence-corrected chi connectivity index (χ1v) is 10.6. The van der Waals surface area contributed by atoms with E-state index in [2.05, 4.69) is 51.4 Å². The predicted molar refractivity (Wildman–Crippen MR) is 124 cm³/mol. The Hall–Kier alpha value is -3.38. The van der Waals surface area contributed by atoms with Gasteiger partial charge in [-0.3, -0.25) is 9.78 Å². The van der Waals surface area contributed by atoms with Crippen LogP contribution in [0.5, 0.6) is 5.75 Å². The van der Waals surface area contributed by atoms with Crippen molar-refractivity contribution in [3.63, 3.8) is 0 Å². The Morgan fingerprint density at radius 3 is 2.48 bits per heavy atom. The molecule has 6 heteroatoms. The van der Waals surface area contributed by atoms with E-state index in [-0.39, 0.29) is 5.91 Å². The Morgan fingerprint density at radius 1 is 1.00 bits per heavy atom. The van der Waals surface area contributed by atoms with Crippen molar-refractivity contribution in [3.05, 3.63) is 78.5 Å². The standard InChI is InChI=1S/C25H28N4O2/c1-28-14-16-29(17-15-28)22-9-7-20(8-10-22)24-19-21(11-12-26-24)25(30)27-13-18-31-23-5-3-2-4-6-23/h2-12,19H,13-18H2,1H3,(H,27,30). The Kier molecular flexibility index (Phi) is 6.79. The molecule has 0 saturated carbocycles. The summed E-state index contributed by atoms with van der Waals surface area (Å²) in [5.74, 6) is 0.664. The maximum Gasteiger partial charge on any atom is 0.251 e. The quantitative estimate of drug-likeness (QED) is 0.599. The van der Waals surface area contributed by atoms with Crippen LogP contribution in [0, 0.1) is 0 Å². The van der Waals surface area contributed by atoms with Crippen molar-refractivity contribution in [2.75, 3.05) is 51.3 Å². The number of amides is 1. The zero-order valence-electron chi connectivity index (χ0n) is 17.8. The van der Waals surface area contributed by atoms with Gasteiger partial charge < -0.3 is 19.9 Å². The first kappa shape index (κ1) is 20.9. The van der Waals surface area contributed by atoms with Crippen molar-refractivity contribution in [1.29, 1.82) is 0 Å². The van der Waals surface area contributed by atoms with E-state index >= 15 is 0 Å². The fourth-order valence-corrected chi connectivity index (χ4v) is 3.59. The molecule has 2 heterocycles. The van der Waals surface area contributed by atoms with E-state index in [1.807, 2.05) is 36.4 Å². The minimum absolute atomic E-state index is 0.130. The van der Waals surface area contributed by atoms with Gasteiger partial charge in [0, 0.05) is 49.2 Å². The number of hydrogen-bond donors (Lipinski definition) is 1. The van der Waals surface area contributed by atoms with Crippen LogP contribution in [0.2, 0.25) is 0 Å². The van der Waals surface area contributed by atoms with Gasteiger partial charge in [-0.25, -0.2) is 0 Å². The summed E-state index contributed by atoms with van der Waals surface area (Å²) in [5, 5.41) is 2.90. The summed E-state index contributed by atoms with van der Waals surface area (Å²) in [6, 6.07) is 21.6. The number of para-hydroxylation sites is 1. The van der Waals surface area contributed by atoms with E-state index < -0.39 is 0 Å². The normalized spacial score (nSPS) is 14.3. The lowest BCUT2D eigenvalue weighted by Gasteiger charge is -2.34. The molecule has 0 aliphatic carbocycles. The molecule has 0 atom stereocenters. The highest BCUT2D eigenvalue weighted by atomic mass is 16.5. The molecule has 1 amide bonds. The molecular formula is C25H28N4O2. The fourth-order valence-electron chi connectivity index (χ4n) is 3.59. The molecule has 6 nitrogen and oxygen atoms in total. The van der Waals surface area contributed by atoms with E-state index in [1.165, 1.54) is 5.69 Å². The second-order valence-electron chi connectivity index (χ2n) is 7.68. The van der Waals surface area contributed by atoms with Crippen molar-refractivity contribution in [3.8, 4) is 17.0 Å². The van der Waals surface area contributed by atoms with Crippen LogP contribution < -0.4 is 15.0 Å². The summed E-state index contributed by atoms with van der Waals surface area (Å²) in [6.07, 6.45) is 1.68. The molecule has 0 unspecified atom stereocenters. The van der Waals surface area contributed by atoms with Crippen molar-refractivity contribution in [2.24, 2.45) is 0 Å². The number of likely N-dealkylation sites (N-methyl/N-ethyl adjacent to an activating group) is 1. The van der Waals surface area contributed by atoms with Crippen LogP contribution in [0.25, 0.3) is 11.3 Å². The summed E-state index contributed by atoms with van der Waals surface area (Å²) in [7, 11) is 2.16. The predicted octanol–water partition coefficient (Wildman–Crippen LogP) is 3.31. The molecule has 31 heavy (non-hydrogen) atoms. The molecule has 2 aromatic carbocycles. The number of pyridine rings is 1. The topological polar surface area (TPSA) is 57.7 Å². The van der Waals surface area contributed by atoms with Crippen LogP contribution in [0.4, 0.5) is 5.69 Å². The highest BCUT2D eigenvalue weighted by molar-refractivity contribution is 5.95. The van der Waals surface area contributed by atoms with Gasteiger partial charge >= 0.3 is 0 Å². The average Bonchev–Trinajstić information content (AvgIpc) is 2.83. The number of ether oxygens (including phenoxy) is 1. The van der Waals surface area contributed by atoms with E-state index in [0.717, 1.165) is 43.2 Å². The molecule has 3 aromatic rings. The van der Waals surface area contributed by atoms with Gasteiger partial charge in [0.25, 0.3) is 5.91 Å². The first-order valence-electron chi connectivity index (χ1n) is 10.6. The molecule has 160 valence electrons. The van der Waals surface area contributed by atoms with E-state index in [9.17, 15) is 4.79 Å². The number of rotatable bonds is 7. The van der Waals surface area contributed by atoms with Gasteiger partial charge in [0.15, 0.2) is 0 Å². The molecular weight excluding hydrogens is 388 g/mol. The number of carbonyl (C=O) groups is 1. The number of nitrogens with zero attached hydrogens (tertiary/aromatic N) is 3. The van der Waals surface area contributed by atoms with Crippen molar-refractivity contribution in [1.82, 2.24) is 15.2 Å². The molecule has 0 radical (unpaired) electrons. The average molecular weight is 417 g/mol. The van der Waals surface area contributed by atoms with E-state index in [4.69, 9.17) is 4.74 Å². The summed E-state index contributed by atoms with van der Waals surface area (Å²) in [4.78, 5) is 21.7. The van der Waals surface area contributed by atoms with Gasteiger partial charge in [-0.1, -0.05) is 30.3 Å². The zero-order valence-corrected chi connectivity index (χ0v) is 17.8. The van der Waals surface area contributed by atoms with Gasteiger partial charge in [0.05, 0.1) is 12.2 Å². The lowest BCUT2D eigenvalue weighted by atomic mass is 10.1. The van der Waals surface area contributed by atoms with Crippen molar-refractivity contribution >= 4 is 11.6 Å². The number of carbonyl (C=O) groups excluding carboxylic acids is 1. The monoisotopic (exact) mass is 416 g/mol. The number of anilines is 1. The van der Waals surface area contributed by atoms with Crippen molar-refractivity contribution < 1.29 is 9.53 Å². The molecule has 0 bridgehead atoms. The summed E-state index contributed by atoms with van der Waals surface area (Å²) in [5.41, 5.74) is 3.61. The van der Waals surface area contributed by atoms with E-state index in [0.29, 0.717) is 18.7 Å². The Morgan fingerprint density at radius 2 is 1.74 bits per heavy atom. The third-order valence-electron chi connectivity index (χ3n) is 5.45. The summed E-state index contributed by atoms with van der Waals surface area (Å²) in [6.45, 7) is 5.09. The number of aromatic nitrogens is 1. The van der Waals surface area contributed by atoms with Crippen molar-refractivity contribution in [2.45, 2.75) is 0 Å². The lowest BCUT2D eigenvalue weighted by Crippen LogP contribution is -2.44. The highest BCUT2D eigenvalue weighted by Gasteiger charge is 2.14. The SMILES string of the molecule is CN1CCN(c2ccc(-c3cc(C(=O)NCCOc4ccccc4)ccn3)cc2)CC1. The molecule has 1 N–H and O–H groups in total. The van der Waals surface area contributed by atoms with Gasteiger partial charge in [-0.2, -0.15) is 0 Å². The highest BCUT2D eigenvalue weighted by Crippen LogP contribution is 2.23. The molecule has 0 spiro atoms. The smallest absolute Gasteiger partial charge is 0.251 e. The van der Waals surface area contributed by atoms with Gasteiger partial charge in [-0.05, 0) is 43.4 Å². The van der Waals surface area contributed by atoms with E-state index in [1.54, 1.807) is 12.3 Å². The summed E-state index contributed by atoms with van der Waals surface area (Å²) < 4.78 is 5.62. The molecule has 1 saturated heterocycles. The molecule has 1 fully saturated rings.